The maximum absolute atomic E-state index is 12.1. The number of rotatable bonds is 3. The molecule has 0 unspecified atom stereocenters. The van der Waals surface area contributed by atoms with Crippen LogP contribution in [0.25, 0.3) is 0 Å². The number of carbonyl (C=O) groups is 1. The van der Waals surface area contributed by atoms with Crippen molar-refractivity contribution >= 4 is 17.5 Å². The van der Waals surface area contributed by atoms with E-state index in [0.29, 0.717) is 17.1 Å². The van der Waals surface area contributed by atoms with Gasteiger partial charge >= 0.3 is 0 Å². The van der Waals surface area contributed by atoms with Crippen molar-refractivity contribution in [3.8, 4) is 0 Å². The molecule has 19 heavy (non-hydrogen) atoms. The van der Waals surface area contributed by atoms with Crippen LogP contribution in [-0.2, 0) is 0 Å². The largest absolute Gasteiger partial charge is 0.388 e. The van der Waals surface area contributed by atoms with Gasteiger partial charge in [-0.25, -0.2) is 0 Å². The van der Waals surface area contributed by atoms with Gasteiger partial charge in [-0.1, -0.05) is 24.4 Å². The van der Waals surface area contributed by atoms with E-state index in [1.807, 2.05) is 13.8 Å². The Hall–Kier alpha value is -1.06. The van der Waals surface area contributed by atoms with Crippen LogP contribution in [0.5, 0.6) is 0 Å². The van der Waals surface area contributed by atoms with Crippen LogP contribution in [0.1, 0.15) is 47.2 Å². The molecule has 3 nitrogen and oxygen atoms in total. The number of amides is 1. The summed E-state index contributed by atoms with van der Waals surface area (Å²) in [6, 6.07) is 3.60. The van der Waals surface area contributed by atoms with E-state index < -0.39 is 5.60 Å². The first-order chi connectivity index (χ1) is 8.91. The number of halogens is 1. The minimum absolute atomic E-state index is 0.214. The van der Waals surface area contributed by atoms with Gasteiger partial charge in [0, 0.05) is 6.54 Å². The standard InChI is InChI=1S/C15H20ClNO2/c1-10-7-12(13(16)8-11(10)2)14(18)17-9-15(19)5-3-4-6-15/h7-8,19H,3-6,9H2,1-2H3,(H,17,18). The minimum Gasteiger partial charge on any atom is -0.388 e. The van der Waals surface area contributed by atoms with Crippen LogP contribution >= 0.6 is 11.6 Å². The zero-order valence-electron chi connectivity index (χ0n) is 11.4. The highest BCUT2D eigenvalue weighted by Gasteiger charge is 2.31. The third-order valence-corrected chi connectivity index (χ3v) is 4.25. The number of aliphatic hydroxyl groups is 1. The van der Waals surface area contributed by atoms with Gasteiger partial charge in [0.05, 0.1) is 16.2 Å². The van der Waals surface area contributed by atoms with Crippen LogP contribution in [0.3, 0.4) is 0 Å². The normalized spacial score (nSPS) is 17.5. The van der Waals surface area contributed by atoms with Gasteiger partial charge in [-0.3, -0.25) is 4.79 Å². The summed E-state index contributed by atoms with van der Waals surface area (Å²) in [7, 11) is 0. The zero-order chi connectivity index (χ0) is 14.0. The monoisotopic (exact) mass is 281 g/mol. The maximum Gasteiger partial charge on any atom is 0.252 e. The molecule has 2 rings (SSSR count). The van der Waals surface area contributed by atoms with Crippen molar-refractivity contribution in [3.05, 3.63) is 33.8 Å². The highest BCUT2D eigenvalue weighted by Crippen LogP contribution is 2.29. The Balaban J connectivity index is 2.06. The average Bonchev–Trinajstić information content (AvgIpc) is 2.78. The molecular weight excluding hydrogens is 262 g/mol. The van der Waals surface area contributed by atoms with Gasteiger partial charge in [0.15, 0.2) is 0 Å². The molecule has 1 aliphatic rings. The van der Waals surface area contributed by atoms with E-state index in [4.69, 9.17) is 11.6 Å². The van der Waals surface area contributed by atoms with Crippen LogP contribution in [0, 0.1) is 13.8 Å². The Labute approximate surface area is 119 Å². The number of hydrogen-bond donors (Lipinski definition) is 2. The summed E-state index contributed by atoms with van der Waals surface area (Å²) in [5.74, 6) is -0.214. The topological polar surface area (TPSA) is 49.3 Å². The molecule has 2 N–H and O–H groups in total. The molecule has 0 atom stereocenters. The molecule has 1 amide bonds. The first-order valence-electron chi connectivity index (χ1n) is 6.69. The summed E-state index contributed by atoms with van der Waals surface area (Å²) in [6.45, 7) is 4.21. The fourth-order valence-corrected chi connectivity index (χ4v) is 2.81. The molecule has 0 saturated heterocycles. The SMILES string of the molecule is Cc1cc(Cl)c(C(=O)NCC2(O)CCCC2)cc1C. The number of benzene rings is 1. The highest BCUT2D eigenvalue weighted by molar-refractivity contribution is 6.34. The van der Waals surface area contributed by atoms with Gasteiger partial charge in [-0.05, 0) is 49.9 Å². The number of aryl methyl sites for hydroxylation is 2. The van der Waals surface area contributed by atoms with Crippen molar-refractivity contribution in [1.82, 2.24) is 5.32 Å². The number of hydrogen-bond acceptors (Lipinski definition) is 2. The average molecular weight is 282 g/mol. The fourth-order valence-electron chi connectivity index (χ4n) is 2.50. The van der Waals surface area contributed by atoms with Gasteiger partial charge in [0.1, 0.15) is 0 Å². The second-order valence-electron chi connectivity index (χ2n) is 5.53. The zero-order valence-corrected chi connectivity index (χ0v) is 12.2. The fraction of sp³-hybridized carbons (Fsp3) is 0.533. The molecule has 1 fully saturated rings. The van der Waals surface area contributed by atoms with E-state index in [9.17, 15) is 9.90 Å². The lowest BCUT2D eigenvalue weighted by molar-refractivity contribution is 0.0449. The summed E-state index contributed by atoms with van der Waals surface area (Å²) >= 11 is 6.10. The van der Waals surface area contributed by atoms with Crippen LogP contribution in [0.2, 0.25) is 5.02 Å². The van der Waals surface area contributed by atoms with Crippen LogP contribution in [0.4, 0.5) is 0 Å². The molecule has 0 radical (unpaired) electrons. The van der Waals surface area contributed by atoms with E-state index in [-0.39, 0.29) is 5.91 Å². The van der Waals surface area contributed by atoms with Crippen molar-refractivity contribution in [2.24, 2.45) is 0 Å². The van der Waals surface area contributed by atoms with Crippen LogP contribution in [0.15, 0.2) is 12.1 Å². The maximum atomic E-state index is 12.1. The third kappa shape index (κ3) is 3.28. The summed E-state index contributed by atoms with van der Waals surface area (Å²) in [5, 5.41) is 13.5. The minimum atomic E-state index is -0.734. The third-order valence-electron chi connectivity index (χ3n) is 3.94. The Kier molecular flexibility index (Phi) is 4.16. The second-order valence-corrected chi connectivity index (χ2v) is 5.94. The molecule has 1 aromatic carbocycles. The van der Waals surface area contributed by atoms with Crippen LogP contribution < -0.4 is 5.32 Å². The molecule has 0 bridgehead atoms. The van der Waals surface area contributed by atoms with Crippen molar-refractivity contribution in [1.29, 1.82) is 0 Å². The molecule has 0 aromatic heterocycles. The van der Waals surface area contributed by atoms with Crippen molar-refractivity contribution in [2.75, 3.05) is 6.54 Å². The van der Waals surface area contributed by atoms with Crippen LogP contribution in [-0.4, -0.2) is 23.2 Å². The lowest BCUT2D eigenvalue weighted by Crippen LogP contribution is -2.40. The summed E-state index contributed by atoms with van der Waals surface area (Å²) < 4.78 is 0. The van der Waals surface area contributed by atoms with Crippen molar-refractivity contribution in [3.63, 3.8) is 0 Å². The Bertz CT molecular complexity index is 493. The van der Waals surface area contributed by atoms with Crippen molar-refractivity contribution < 1.29 is 9.90 Å². The molecule has 1 aliphatic carbocycles. The van der Waals surface area contributed by atoms with E-state index in [1.165, 1.54) is 0 Å². The summed E-state index contributed by atoms with van der Waals surface area (Å²) in [5.41, 5.74) is 1.85. The first-order valence-corrected chi connectivity index (χ1v) is 7.06. The Morgan fingerprint density at radius 2 is 1.89 bits per heavy atom. The smallest absolute Gasteiger partial charge is 0.252 e. The molecule has 0 spiro atoms. The van der Waals surface area contributed by atoms with Crippen molar-refractivity contribution in [2.45, 2.75) is 45.1 Å². The lowest BCUT2D eigenvalue weighted by atomic mass is 10.0. The Morgan fingerprint density at radius 1 is 1.32 bits per heavy atom. The first kappa shape index (κ1) is 14.4. The quantitative estimate of drug-likeness (QED) is 0.895. The molecule has 4 heteroatoms. The molecule has 0 aliphatic heterocycles. The highest BCUT2D eigenvalue weighted by atomic mass is 35.5. The van der Waals surface area contributed by atoms with Gasteiger partial charge < -0.3 is 10.4 Å². The number of carbonyl (C=O) groups excluding carboxylic acids is 1. The molecule has 104 valence electrons. The van der Waals surface area contributed by atoms with E-state index >= 15 is 0 Å². The predicted octanol–water partition coefficient (Wildman–Crippen LogP) is 2.99. The summed E-state index contributed by atoms with van der Waals surface area (Å²) in [4.78, 5) is 12.1. The van der Waals surface area contributed by atoms with E-state index in [2.05, 4.69) is 5.32 Å². The predicted molar refractivity (Wildman–Crippen MR) is 76.7 cm³/mol. The van der Waals surface area contributed by atoms with Gasteiger partial charge in [-0.2, -0.15) is 0 Å². The summed E-state index contributed by atoms with van der Waals surface area (Å²) in [6.07, 6.45) is 3.56. The number of nitrogens with one attached hydrogen (secondary N) is 1. The molecule has 1 saturated carbocycles. The van der Waals surface area contributed by atoms with E-state index in [1.54, 1.807) is 12.1 Å². The lowest BCUT2D eigenvalue weighted by Gasteiger charge is -2.22. The van der Waals surface area contributed by atoms with E-state index in [0.717, 1.165) is 36.8 Å². The second kappa shape index (κ2) is 5.51. The van der Waals surface area contributed by atoms with Gasteiger partial charge in [0.2, 0.25) is 0 Å². The van der Waals surface area contributed by atoms with Gasteiger partial charge in [-0.15, -0.1) is 0 Å². The molecule has 0 heterocycles. The van der Waals surface area contributed by atoms with Gasteiger partial charge in [0.25, 0.3) is 5.91 Å². The molecule has 1 aromatic rings. The Morgan fingerprint density at radius 3 is 2.53 bits per heavy atom. The molecular formula is C15H20ClNO2.